The van der Waals surface area contributed by atoms with Crippen molar-refractivity contribution in [3.05, 3.63) is 35.9 Å². The summed E-state index contributed by atoms with van der Waals surface area (Å²) in [5.74, 6) is -0.135. The summed E-state index contributed by atoms with van der Waals surface area (Å²) in [5, 5.41) is 2.51. The molecule has 0 aliphatic rings. The highest BCUT2D eigenvalue weighted by atomic mass is 16.6. The predicted octanol–water partition coefficient (Wildman–Crippen LogP) is 2.95. The fourth-order valence-electron chi connectivity index (χ4n) is 1.90. The zero-order valence-corrected chi connectivity index (χ0v) is 14.1. The van der Waals surface area contributed by atoms with E-state index in [2.05, 4.69) is 5.32 Å². The average Bonchev–Trinajstić information content (AvgIpc) is 2.41. The SMILES string of the molecule is CC(C)N(Cc1ccccc1)C(=O)CNC(=O)OC(C)(C)C. The van der Waals surface area contributed by atoms with Crippen molar-refractivity contribution in [2.24, 2.45) is 0 Å². The topological polar surface area (TPSA) is 58.6 Å². The Morgan fingerprint density at radius 3 is 2.27 bits per heavy atom. The highest BCUT2D eigenvalue weighted by Crippen LogP contribution is 2.09. The molecule has 2 amide bonds. The van der Waals surface area contributed by atoms with Crippen LogP contribution in [0.5, 0.6) is 0 Å². The summed E-state index contributed by atoms with van der Waals surface area (Å²) in [4.78, 5) is 25.7. The van der Waals surface area contributed by atoms with Crippen molar-refractivity contribution in [2.75, 3.05) is 6.54 Å². The number of nitrogens with one attached hydrogen (secondary N) is 1. The van der Waals surface area contributed by atoms with E-state index in [0.717, 1.165) is 5.56 Å². The second kappa shape index (κ2) is 7.82. The van der Waals surface area contributed by atoms with E-state index in [0.29, 0.717) is 6.54 Å². The number of benzene rings is 1. The molecule has 0 atom stereocenters. The third-order valence-corrected chi connectivity index (χ3v) is 2.92. The van der Waals surface area contributed by atoms with Gasteiger partial charge in [0.25, 0.3) is 0 Å². The van der Waals surface area contributed by atoms with Gasteiger partial charge in [0.15, 0.2) is 0 Å². The van der Waals surface area contributed by atoms with Crippen molar-refractivity contribution < 1.29 is 14.3 Å². The molecule has 0 unspecified atom stereocenters. The Balaban J connectivity index is 2.57. The van der Waals surface area contributed by atoms with Gasteiger partial charge in [0.05, 0.1) is 0 Å². The van der Waals surface area contributed by atoms with Crippen molar-refractivity contribution in [2.45, 2.75) is 52.8 Å². The standard InChI is InChI=1S/C17H26N2O3/c1-13(2)19(12-14-9-7-6-8-10-14)15(20)11-18-16(21)22-17(3,4)5/h6-10,13H,11-12H2,1-5H3,(H,18,21). The zero-order chi connectivity index (χ0) is 16.8. The molecule has 0 aliphatic heterocycles. The first-order valence-electron chi connectivity index (χ1n) is 7.49. The average molecular weight is 306 g/mol. The van der Waals surface area contributed by atoms with E-state index in [1.165, 1.54) is 0 Å². The fraction of sp³-hybridized carbons (Fsp3) is 0.529. The molecule has 1 aromatic rings. The molecule has 122 valence electrons. The number of carbonyl (C=O) groups is 2. The third-order valence-electron chi connectivity index (χ3n) is 2.92. The minimum absolute atomic E-state index is 0.0492. The maximum absolute atomic E-state index is 12.3. The molecule has 0 bridgehead atoms. The molecule has 0 spiro atoms. The van der Waals surface area contributed by atoms with Crippen molar-refractivity contribution in [1.29, 1.82) is 0 Å². The summed E-state index contributed by atoms with van der Waals surface area (Å²) < 4.78 is 5.13. The normalized spacial score (nSPS) is 11.2. The van der Waals surface area contributed by atoms with Crippen LogP contribution in [0.3, 0.4) is 0 Å². The summed E-state index contributed by atoms with van der Waals surface area (Å²) >= 11 is 0. The third kappa shape index (κ3) is 6.61. The second-order valence-electron chi connectivity index (χ2n) is 6.46. The van der Waals surface area contributed by atoms with Crippen LogP contribution in [0.2, 0.25) is 0 Å². The van der Waals surface area contributed by atoms with Crippen molar-refractivity contribution in [3.8, 4) is 0 Å². The lowest BCUT2D eigenvalue weighted by atomic mass is 10.2. The van der Waals surface area contributed by atoms with Crippen LogP contribution in [-0.2, 0) is 16.1 Å². The Morgan fingerprint density at radius 1 is 1.18 bits per heavy atom. The minimum Gasteiger partial charge on any atom is -0.444 e. The highest BCUT2D eigenvalue weighted by molar-refractivity contribution is 5.82. The van der Waals surface area contributed by atoms with E-state index >= 15 is 0 Å². The van der Waals surface area contributed by atoms with Gasteiger partial charge in [0.2, 0.25) is 5.91 Å². The van der Waals surface area contributed by atoms with Crippen LogP contribution in [-0.4, -0.2) is 35.1 Å². The Hall–Kier alpha value is -2.04. The van der Waals surface area contributed by atoms with Gasteiger partial charge in [0, 0.05) is 12.6 Å². The summed E-state index contributed by atoms with van der Waals surface area (Å²) in [5.41, 5.74) is 0.483. The van der Waals surface area contributed by atoms with Crippen LogP contribution in [0, 0.1) is 0 Å². The first kappa shape index (κ1) is 18.0. The molecule has 1 aromatic carbocycles. The monoisotopic (exact) mass is 306 g/mol. The first-order chi connectivity index (χ1) is 10.2. The molecule has 0 radical (unpaired) electrons. The Bertz CT molecular complexity index is 492. The summed E-state index contributed by atoms with van der Waals surface area (Å²) in [6.07, 6.45) is -0.579. The van der Waals surface area contributed by atoms with Crippen LogP contribution in [0.1, 0.15) is 40.2 Å². The molecule has 22 heavy (non-hydrogen) atoms. The molecule has 5 heteroatoms. The molecular formula is C17H26N2O3. The number of carbonyl (C=O) groups excluding carboxylic acids is 2. The maximum atomic E-state index is 12.3. The number of hydrogen-bond acceptors (Lipinski definition) is 3. The van der Waals surface area contributed by atoms with Crippen LogP contribution in [0.25, 0.3) is 0 Å². The Morgan fingerprint density at radius 2 is 1.77 bits per heavy atom. The molecule has 0 fully saturated rings. The van der Waals surface area contributed by atoms with Crippen LogP contribution in [0.4, 0.5) is 4.79 Å². The van der Waals surface area contributed by atoms with E-state index in [4.69, 9.17) is 4.74 Å². The number of amides is 2. The number of hydrogen-bond donors (Lipinski definition) is 1. The molecule has 1 N–H and O–H groups in total. The van der Waals surface area contributed by atoms with Crippen LogP contribution in [0.15, 0.2) is 30.3 Å². The van der Waals surface area contributed by atoms with Gasteiger partial charge >= 0.3 is 6.09 Å². The van der Waals surface area contributed by atoms with E-state index in [-0.39, 0.29) is 18.5 Å². The first-order valence-corrected chi connectivity index (χ1v) is 7.49. The van der Waals surface area contributed by atoms with Gasteiger partial charge in [-0.1, -0.05) is 30.3 Å². The smallest absolute Gasteiger partial charge is 0.408 e. The fourth-order valence-corrected chi connectivity index (χ4v) is 1.90. The van der Waals surface area contributed by atoms with Crippen molar-refractivity contribution >= 4 is 12.0 Å². The Kier molecular flexibility index (Phi) is 6.40. The predicted molar refractivity (Wildman–Crippen MR) is 86.4 cm³/mol. The van der Waals surface area contributed by atoms with Crippen LogP contribution < -0.4 is 5.32 Å². The van der Waals surface area contributed by atoms with Gasteiger partial charge in [-0.25, -0.2) is 4.79 Å². The lowest BCUT2D eigenvalue weighted by Crippen LogP contribution is -2.44. The van der Waals surface area contributed by atoms with E-state index in [1.807, 2.05) is 44.2 Å². The van der Waals surface area contributed by atoms with E-state index in [1.54, 1.807) is 25.7 Å². The number of nitrogens with zero attached hydrogens (tertiary/aromatic N) is 1. The quantitative estimate of drug-likeness (QED) is 0.910. The molecule has 0 aliphatic carbocycles. The van der Waals surface area contributed by atoms with E-state index in [9.17, 15) is 9.59 Å². The van der Waals surface area contributed by atoms with E-state index < -0.39 is 11.7 Å². The van der Waals surface area contributed by atoms with Gasteiger partial charge < -0.3 is 15.0 Å². The number of rotatable bonds is 5. The largest absolute Gasteiger partial charge is 0.444 e. The molecular weight excluding hydrogens is 280 g/mol. The lowest BCUT2D eigenvalue weighted by Gasteiger charge is -2.27. The molecule has 0 heterocycles. The Labute approximate surface area is 132 Å². The minimum atomic E-state index is -0.579. The molecule has 0 saturated carbocycles. The number of alkyl carbamates (subject to hydrolysis) is 1. The van der Waals surface area contributed by atoms with Crippen LogP contribution >= 0.6 is 0 Å². The highest BCUT2D eigenvalue weighted by Gasteiger charge is 2.20. The summed E-state index contributed by atoms with van der Waals surface area (Å²) in [6.45, 7) is 9.70. The molecule has 1 rings (SSSR count). The molecule has 0 aromatic heterocycles. The van der Waals surface area contributed by atoms with Gasteiger partial charge in [-0.2, -0.15) is 0 Å². The van der Waals surface area contributed by atoms with Gasteiger partial charge in [-0.05, 0) is 40.2 Å². The molecule has 0 saturated heterocycles. The maximum Gasteiger partial charge on any atom is 0.408 e. The van der Waals surface area contributed by atoms with Gasteiger partial charge in [0.1, 0.15) is 12.1 Å². The van der Waals surface area contributed by atoms with Gasteiger partial charge in [-0.15, -0.1) is 0 Å². The van der Waals surface area contributed by atoms with Crippen molar-refractivity contribution in [1.82, 2.24) is 10.2 Å². The lowest BCUT2D eigenvalue weighted by molar-refractivity contribution is -0.132. The molecule has 5 nitrogen and oxygen atoms in total. The van der Waals surface area contributed by atoms with Crippen molar-refractivity contribution in [3.63, 3.8) is 0 Å². The second-order valence-corrected chi connectivity index (χ2v) is 6.46. The number of ether oxygens (including phenoxy) is 1. The zero-order valence-electron chi connectivity index (χ0n) is 14.1. The van der Waals surface area contributed by atoms with Gasteiger partial charge in [-0.3, -0.25) is 4.79 Å². The summed E-state index contributed by atoms with van der Waals surface area (Å²) in [7, 11) is 0. The summed E-state index contributed by atoms with van der Waals surface area (Å²) in [6, 6.07) is 9.82.